The minimum atomic E-state index is -1.36. The number of H-pyrrole nitrogens is 1. The van der Waals surface area contributed by atoms with Crippen molar-refractivity contribution in [1.82, 2.24) is 15.2 Å². The molecule has 0 aliphatic rings. The molecule has 4 N–H and O–H groups in total. The molecular weight excluding hydrogens is 576 g/mol. The summed E-state index contributed by atoms with van der Waals surface area (Å²) in [5.74, 6) is -1.42. The van der Waals surface area contributed by atoms with Gasteiger partial charge in [-0.15, -0.1) is 0 Å². The number of amides is 3. The Labute approximate surface area is 261 Å². The molecule has 0 saturated carbocycles. The van der Waals surface area contributed by atoms with E-state index < -0.39 is 36.1 Å². The van der Waals surface area contributed by atoms with Crippen molar-refractivity contribution in [3.05, 3.63) is 108 Å². The number of ether oxygens (including phenoxy) is 3. The summed E-state index contributed by atoms with van der Waals surface area (Å²) < 4.78 is 16.0. The number of nitrogens with two attached hydrogens (primary N) is 1. The molecule has 0 bridgehead atoms. The van der Waals surface area contributed by atoms with Crippen molar-refractivity contribution in [2.45, 2.75) is 51.0 Å². The van der Waals surface area contributed by atoms with E-state index in [-0.39, 0.29) is 26.1 Å². The van der Waals surface area contributed by atoms with Gasteiger partial charge >= 0.3 is 18.2 Å². The number of esters is 1. The van der Waals surface area contributed by atoms with Gasteiger partial charge in [0.15, 0.2) is 0 Å². The lowest BCUT2D eigenvalue weighted by Gasteiger charge is -2.29. The molecule has 3 amide bonds. The maximum Gasteiger partial charge on any atom is 0.420 e. The van der Waals surface area contributed by atoms with Crippen LogP contribution < -0.4 is 11.1 Å². The number of fused-ring (bicyclic) bond motifs is 1. The average molecular weight is 615 g/mol. The predicted octanol–water partition coefficient (Wildman–Crippen LogP) is 4.84. The predicted molar refractivity (Wildman–Crippen MR) is 168 cm³/mol. The van der Waals surface area contributed by atoms with Gasteiger partial charge in [-0.2, -0.15) is 4.90 Å². The fourth-order valence-electron chi connectivity index (χ4n) is 4.89. The Morgan fingerprint density at radius 2 is 1.40 bits per heavy atom. The number of carbonyl (C=O) groups is 4. The Kier molecular flexibility index (Phi) is 12.1. The van der Waals surface area contributed by atoms with Crippen LogP contribution in [0, 0.1) is 0 Å². The van der Waals surface area contributed by atoms with Crippen LogP contribution in [-0.2, 0) is 43.4 Å². The SMILES string of the molecule is COC(=O)[C@@H](Cc1c[nH]c2ccccc12)NC(=O)[C@H](CCCCN)N(C(=O)OCc1ccccc1)C(=O)OCc1ccccc1. The first kappa shape index (κ1) is 32.7. The van der Waals surface area contributed by atoms with Crippen molar-refractivity contribution in [3.63, 3.8) is 0 Å². The van der Waals surface area contributed by atoms with Gasteiger partial charge in [-0.3, -0.25) is 4.79 Å². The van der Waals surface area contributed by atoms with E-state index in [1.807, 2.05) is 36.4 Å². The number of methoxy groups -OCH3 is 1. The highest BCUT2D eigenvalue weighted by atomic mass is 16.6. The van der Waals surface area contributed by atoms with Gasteiger partial charge in [-0.1, -0.05) is 78.9 Å². The van der Waals surface area contributed by atoms with E-state index in [1.54, 1.807) is 54.7 Å². The van der Waals surface area contributed by atoms with Gasteiger partial charge in [0.25, 0.3) is 0 Å². The van der Waals surface area contributed by atoms with E-state index in [1.165, 1.54) is 7.11 Å². The molecule has 1 heterocycles. The van der Waals surface area contributed by atoms with Gasteiger partial charge < -0.3 is 30.2 Å². The zero-order valence-corrected chi connectivity index (χ0v) is 25.1. The summed E-state index contributed by atoms with van der Waals surface area (Å²) in [5, 5.41) is 3.60. The highest BCUT2D eigenvalue weighted by Gasteiger charge is 2.39. The van der Waals surface area contributed by atoms with E-state index >= 15 is 0 Å². The first-order chi connectivity index (χ1) is 21.9. The molecule has 1 aromatic heterocycles. The fraction of sp³-hybridized carbons (Fsp3) is 0.294. The van der Waals surface area contributed by atoms with Gasteiger partial charge in [-0.25, -0.2) is 14.4 Å². The van der Waals surface area contributed by atoms with E-state index in [0.717, 1.165) is 16.5 Å². The molecule has 2 atom stereocenters. The van der Waals surface area contributed by atoms with Crippen molar-refractivity contribution >= 4 is 35.0 Å². The van der Waals surface area contributed by atoms with Gasteiger partial charge in [0.2, 0.25) is 5.91 Å². The van der Waals surface area contributed by atoms with Crippen molar-refractivity contribution in [2.75, 3.05) is 13.7 Å². The van der Waals surface area contributed by atoms with Crippen LogP contribution >= 0.6 is 0 Å². The molecule has 0 spiro atoms. The van der Waals surface area contributed by atoms with Crippen LogP contribution in [0.3, 0.4) is 0 Å². The quantitative estimate of drug-likeness (QED) is 0.104. The van der Waals surface area contributed by atoms with E-state index in [2.05, 4.69) is 10.3 Å². The lowest BCUT2D eigenvalue weighted by molar-refractivity contribution is -0.145. The molecule has 0 aliphatic heterocycles. The number of rotatable bonds is 14. The third-order valence-electron chi connectivity index (χ3n) is 7.25. The van der Waals surface area contributed by atoms with Gasteiger partial charge in [0.05, 0.1) is 7.11 Å². The van der Waals surface area contributed by atoms with Crippen LogP contribution in [0.2, 0.25) is 0 Å². The number of aromatic nitrogens is 1. The minimum Gasteiger partial charge on any atom is -0.467 e. The van der Waals surface area contributed by atoms with Crippen LogP contribution in [0.4, 0.5) is 9.59 Å². The smallest absolute Gasteiger partial charge is 0.420 e. The molecule has 0 aliphatic carbocycles. The Morgan fingerprint density at radius 1 is 0.822 bits per heavy atom. The Morgan fingerprint density at radius 3 is 1.98 bits per heavy atom. The summed E-state index contributed by atoms with van der Waals surface area (Å²) in [5.41, 5.74) is 8.74. The zero-order valence-electron chi connectivity index (χ0n) is 25.1. The highest BCUT2D eigenvalue weighted by molar-refractivity contribution is 5.97. The maximum absolute atomic E-state index is 13.9. The van der Waals surface area contributed by atoms with E-state index in [9.17, 15) is 19.2 Å². The Bertz CT molecular complexity index is 1500. The topological polar surface area (TPSA) is 153 Å². The van der Waals surface area contributed by atoms with E-state index in [4.69, 9.17) is 19.9 Å². The summed E-state index contributed by atoms with van der Waals surface area (Å²) >= 11 is 0. The molecule has 11 heteroatoms. The number of carbonyl (C=O) groups excluding carboxylic acids is 4. The molecule has 4 aromatic rings. The van der Waals surface area contributed by atoms with Crippen LogP contribution in [-0.4, -0.2) is 59.7 Å². The van der Waals surface area contributed by atoms with Gasteiger partial charge in [0, 0.05) is 23.5 Å². The van der Waals surface area contributed by atoms with Gasteiger partial charge in [0.1, 0.15) is 25.3 Å². The van der Waals surface area contributed by atoms with Crippen LogP contribution in [0.25, 0.3) is 10.9 Å². The summed E-state index contributed by atoms with van der Waals surface area (Å²) in [4.78, 5) is 57.7. The number of benzene rings is 3. The summed E-state index contributed by atoms with van der Waals surface area (Å²) in [6, 6.07) is 23.0. The first-order valence-corrected chi connectivity index (χ1v) is 14.7. The molecule has 4 rings (SSSR count). The third-order valence-corrected chi connectivity index (χ3v) is 7.25. The minimum absolute atomic E-state index is 0.0604. The molecule has 45 heavy (non-hydrogen) atoms. The summed E-state index contributed by atoms with van der Waals surface area (Å²) in [6.45, 7) is 0.0752. The van der Waals surface area contributed by atoms with Crippen molar-refractivity contribution in [2.24, 2.45) is 5.73 Å². The van der Waals surface area contributed by atoms with Gasteiger partial charge in [-0.05, 0) is 48.6 Å². The normalized spacial score (nSPS) is 12.1. The molecule has 0 saturated heterocycles. The molecule has 0 unspecified atom stereocenters. The molecule has 11 nitrogen and oxygen atoms in total. The standard InChI is InChI=1S/C34H38N4O7/c1-43-32(40)29(20-26-21-36-28-17-9-8-16-27(26)28)37-31(39)30(18-10-11-19-35)38(33(41)44-22-24-12-4-2-5-13-24)34(42)45-23-25-14-6-3-7-15-25/h2-9,12-17,21,29-30,36H,10-11,18-20,22-23,35H2,1H3,(H,37,39)/t29-,30+/m1/s1. The van der Waals surface area contributed by atoms with E-state index in [0.29, 0.717) is 35.4 Å². The number of nitrogens with zero attached hydrogens (tertiary/aromatic N) is 1. The van der Waals surface area contributed by atoms with Crippen LogP contribution in [0.1, 0.15) is 36.0 Å². The molecular formula is C34H38N4O7. The number of hydrogen-bond donors (Lipinski definition) is 3. The number of aromatic amines is 1. The third kappa shape index (κ3) is 9.16. The lowest BCUT2D eigenvalue weighted by Crippen LogP contribution is -2.56. The molecule has 0 fully saturated rings. The lowest BCUT2D eigenvalue weighted by atomic mass is 10.0. The van der Waals surface area contributed by atoms with Crippen LogP contribution in [0.5, 0.6) is 0 Å². The van der Waals surface area contributed by atoms with Crippen molar-refractivity contribution in [3.8, 4) is 0 Å². The Hall–Kier alpha value is -5.16. The number of para-hydroxylation sites is 1. The second-order valence-electron chi connectivity index (χ2n) is 10.4. The average Bonchev–Trinajstić information content (AvgIpc) is 3.48. The maximum atomic E-state index is 13.9. The van der Waals surface area contributed by atoms with Crippen molar-refractivity contribution in [1.29, 1.82) is 0 Å². The second-order valence-corrected chi connectivity index (χ2v) is 10.4. The number of hydrogen-bond acceptors (Lipinski definition) is 8. The summed E-state index contributed by atoms with van der Waals surface area (Å²) in [6.07, 6.45) is 0.756. The summed E-state index contributed by atoms with van der Waals surface area (Å²) in [7, 11) is 1.23. The second kappa shape index (κ2) is 16.6. The fourth-order valence-corrected chi connectivity index (χ4v) is 4.89. The highest BCUT2D eigenvalue weighted by Crippen LogP contribution is 2.21. The monoisotopic (exact) mass is 614 g/mol. The molecule has 236 valence electrons. The zero-order chi connectivity index (χ0) is 32.0. The number of nitrogens with one attached hydrogen (secondary N) is 2. The number of unbranched alkanes of at least 4 members (excludes halogenated alkanes) is 1. The van der Waals surface area contributed by atoms with Crippen LogP contribution in [0.15, 0.2) is 91.1 Å². The Balaban J connectivity index is 1.60. The first-order valence-electron chi connectivity index (χ1n) is 14.7. The largest absolute Gasteiger partial charge is 0.467 e. The molecule has 0 radical (unpaired) electrons. The van der Waals surface area contributed by atoms with Crippen molar-refractivity contribution < 1.29 is 33.4 Å². The molecule has 3 aromatic carbocycles. The number of imide groups is 1.